The molecule has 1 unspecified atom stereocenters. The zero-order chi connectivity index (χ0) is 21.7. The molecule has 170 valence electrons. The van der Waals surface area contributed by atoms with Crippen molar-refractivity contribution >= 4 is 17.9 Å². The molecule has 0 aliphatic carbocycles. The van der Waals surface area contributed by atoms with E-state index in [0.717, 1.165) is 19.3 Å². The first kappa shape index (κ1) is 27.4. The van der Waals surface area contributed by atoms with Gasteiger partial charge in [-0.25, -0.2) is 4.79 Å². The molecule has 0 rings (SSSR count). The third kappa shape index (κ3) is 19.5. The van der Waals surface area contributed by atoms with Crippen LogP contribution in [0.15, 0.2) is 0 Å². The average Bonchev–Trinajstić information content (AvgIpc) is 2.68. The summed E-state index contributed by atoms with van der Waals surface area (Å²) in [4.78, 5) is 23.5. The van der Waals surface area contributed by atoms with Crippen molar-refractivity contribution in [3.05, 3.63) is 0 Å². The highest BCUT2D eigenvalue weighted by atomic mass is 16.6. The first-order chi connectivity index (χ1) is 14.0. The Balaban J connectivity index is 3.46. The van der Waals surface area contributed by atoms with Crippen molar-refractivity contribution in [3.8, 4) is 0 Å². The van der Waals surface area contributed by atoms with Crippen LogP contribution < -0.4 is 16.8 Å². The Morgan fingerprint density at radius 2 is 1.34 bits per heavy atom. The monoisotopic (exact) mass is 412 g/mol. The van der Waals surface area contributed by atoms with Gasteiger partial charge in [-0.3, -0.25) is 10.2 Å². The summed E-state index contributed by atoms with van der Waals surface area (Å²) in [7, 11) is 0. The molecular weight excluding hydrogens is 368 g/mol. The van der Waals surface area contributed by atoms with Crippen molar-refractivity contribution in [1.82, 2.24) is 5.32 Å². The van der Waals surface area contributed by atoms with E-state index in [1.807, 2.05) is 0 Å². The Morgan fingerprint density at radius 3 is 1.83 bits per heavy atom. The van der Waals surface area contributed by atoms with Crippen LogP contribution in [-0.2, 0) is 14.3 Å². The number of ether oxygens (including phenoxy) is 1. The SMILES string of the molecule is CCCCCCCCCCCCCCCC(=O)OC(=O)C(N)CCCNC(=N)N. The van der Waals surface area contributed by atoms with Crippen LogP contribution in [-0.4, -0.2) is 30.5 Å². The first-order valence-corrected chi connectivity index (χ1v) is 11.5. The molecule has 7 heteroatoms. The lowest BCUT2D eigenvalue weighted by Gasteiger charge is -2.10. The molecule has 0 aromatic carbocycles. The van der Waals surface area contributed by atoms with Gasteiger partial charge in [0.25, 0.3) is 0 Å². The summed E-state index contributed by atoms with van der Waals surface area (Å²) in [6.07, 6.45) is 17.4. The van der Waals surface area contributed by atoms with E-state index < -0.39 is 18.0 Å². The number of rotatable bonds is 19. The standard InChI is InChI=1S/C22H44N4O3/c1-2-3-4-5-6-7-8-9-10-11-12-13-14-17-20(27)29-21(28)19(23)16-15-18-26-22(24)25/h19H,2-18,23H2,1H3,(H4,24,25,26). The Morgan fingerprint density at radius 1 is 0.862 bits per heavy atom. The van der Waals surface area contributed by atoms with E-state index in [2.05, 4.69) is 12.2 Å². The summed E-state index contributed by atoms with van der Waals surface area (Å²) < 4.78 is 4.81. The highest BCUT2D eigenvalue weighted by Crippen LogP contribution is 2.13. The van der Waals surface area contributed by atoms with Gasteiger partial charge in [-0.05, 0) is 19.3 Å². The zero-order valence-corrected chi connectivity index (χ0v) is 18.5. The van der Waals surface area contributed by atoms with E-state index in [1.165, 1.54) is 64.2 Å². The molecule has 0 fully saturated rings. The largest absolute Gasteiger partial charge is 0.392 e. The van der Waals surface area contributed by atoms with Crippen LogP contribution in [0.1, 0.15) is 110 Å². The van der Waals surface area contributed by atoms with Gasteiger partial charge in [0.1, 0.15) is 6.04 Å². The van der Waals surface area contributed by atoms with Crippen LogP contribution in [0.25, 0.3) is 0 Å². The maximum absolute atomic E-state index is 11.8. The molecule has 0 radical (unpaired) electrons. The third-order valence-corrected chi connectivity index (χ3v) is 5.01. The topological polar surface area (TPSA) is 131 Å². The highest BCUT2D eigenvalue weighted by molar-refractivity contribution is 5.88. The number of hydrogen-bond donors (Lipinski definition) is 4. The van der Waals surface area contributed by atoms with Crippen LogP contribution in [0.4, 0.5) is 0 Å². The molecule has 7 nitrogen and oxygen atoms in total. The molecule has 0 spiro atoms. The van der Waals surface area contributed by atoms with E-state index >= 15 is 0 Å². The quantitative estimate of drug-likeness (QED) is 0.0829. The summed E-state index contributed by atoms with van der Waals surface area (Å²) >= 11 is 0. The first-order valence-electron chi connectivity index (χ1n) is 11.5. The van der Waals surface area contributed by atoms with Crippen molar-refractivity contribution < 1.29 is 14.3 Å². The van der Waals surface area contributed by atoms with Gasteiger partial charge in [-0.1, -0.05) is 84.0 Å². The summed E-state index contributed by atoms with van der Waals surface area (Å²) in [6.45, 7) is 2.71. The van der Waals surface area contributed by atoms with Crippen LogP contribution in [0.3, 0.4) is 0 Å². The fourth-order valence-corrected chi connectivity index (χ4v) is 3.19. The fraction of sp³-hybridized carbons (Fsp3) is 0.864. The molecule has 0 saturated heterocycles. The average molecular weight is 413 g/mol. The summed E-state index contributed by atoms with van der Waals surface area (Å²) in [5, 5.41) is 9.66. The Kier molecular flexibility index (Phi) is 18.6. The molecular formula is C22H44N4O3. The Hall–Kier alpha value is -1.63. The second kappa shape index (κ2) is 19.7. The minimum atomic E-state index is -0.820. The molecule has 29 heavy (non-hydrogen) atoms. The van der Waals surface area contributed by atoms with Crippen molar-refractivity contribution in [2.75, 3.05) is 6.54 Å². The van der Waals surface area contributed by atoms with Crippen LogP contribution in [0.5, 0.6) is 0 Å². The van der Waals surface area contributed by atoms with Gasteiger partial charge >= 0.3 is 11.9 Å². The zero-order valence-electron chi connectivity index (χ0n) is 18.5. The number of esters is 2. The Labute approximate surface area is 177 Å². The van der Waals surface area contributed by atoms with Gasteiger partial charge in [0.2, 0.25) is 0 Å². The maximum atomic E-state index is 11.8. The Bertz CT molecular complexity index is 444. The molecule has 0 heterocycles. The fourth-order valence-electron chi connectivity index (χ4n) is 3.19. The number of unbranched alkanes of at least 4 members (excludes halogenated alkanes) is 12. The van der Waals surface area contributed by atoms with Crippen LogP contribution in [0, 0.1) is 5.41 Å². The normalized spacial score (nSPS) is 11.8. The van der Waals surface area contributed by atoms with E-state index in [4.69, 9.17) is 21.6 Å². The highest BCUT2D eigenvalue weighted by Gasteiger charge is 2.18. The van der Waals surface area contributed by atoms with Gasteiger partial charge in [0.05, 0.1) is 0 Å². The lowest BCUT2D eigenvalue weighted by atomic mass is 10.0. The maximum Gasteiger partial charge on any atom is 0.330 e. The minimum Gasteiger partial charge on any atom is -0.392 e. The molecule has 0 aromatic rings. The van der Waals surface area contributed by atoms with Gasteiger partial charge in [-0.2, -0.15) is 0 Å². The van der Waals surface area contributed by atoms with E-state index in [-0.39, 0.29) is 12.4 Å². The lowest BCUT2D eigenvalue weighted by molar-refractivity contribution is -0.160. The number of carbonyl (C=O) groups is 2. The second-order valence-corrected chi connectivity index (χ2v) is 7.87. The second-order valence-electron chi connectivity index (χ2n) is 7.87. The number of carbonyl (C=O) groups excluding carboxylic acids is 2. The molecule has 6 N–H and O–H groups in total. The smallest absolute Gasteiger partial charge is 0.330 e. The van der Waals surface area contributed by atoms with Crippen LogP contribution >= 0.6 is 0 Å². The molecule has 0 saturated carbocycles. The molecule has 0 aromatic heterocycles. The van der Waals surface area contributed by atoms with Crippen molar-refractivity contribution in [3.63, 3.8) is 0 Å². The lowest BCUT2D eigenvalue weighted by Crippen LogP contribution is -2.36. The van der Waals surface area contributed by atoms with E-state index in [9.17, 15) is 9.59 Å². The van der Waals surface area contributed by atoms with Gasteiger partial charge < -0.3 is 21.5 Å². The molecule has 0 aliphatic heterocycles. The molecule has 0 bridgehead atoms. The van der Waals surface area contributed by atoms with Crippen LogP contribution in [0.2, 0.25) is 0 Å². The summed E-state index contributed by atoms with van der Waals surface area (Å²) in [5.74, 6) is -1.28. The van der Waals surface area contributed by atoms with Crippen molar-refractivity contribution in [2.24, 2.45) is 11.5 Å². The number of nitrogens with one attached hydrogen (secondary N) is 2. The molecule has 1 atom stereocenters. The van der Waals surface area contributed by atoms with Gasteiger partial charge in [0, 0.05) is 13.0 Å². The number of hydrogen-bond acceptors (Lipinski definition) is 5. The van der Waals surface area contributed by atoms with E-state index in [0.29, 0.717) is 19.4 Å². The number of guanidine groups is 1. The summed E-state index contributed by atoms with van der Waals surface area (Å²) in [5.41, 5.74) is 10.9. The molecule has 0 aliphatic rings. The van der Waals surface area contributed by atoms with E-state index in [1.54, 1.807) is 0 Å². The summed E-state index contributed by atoms with van der Waals surface area (Å²) in [6, 6.07) is -0.820. The predicted octanol–water partition coefficient (Wildman–Crippen LogP) is 4.13. The minimum absolute atomic E-state index is 0.117. The molecule has 0 amide bonds. The number of nitrogens with two attached hydrogens (primary N) is 2. The van der Waals surface area contributed by atoms with Gasteiger partial charge in [0.15, 0.2) is 5.96 Å². The third-order valence-electron chi connectivity index (χ3n) is 5.01. The van der Waals surface area contributed by atoms with Gasteiger partial charge in [-0.15, -0.1) is 0 Å². The predicted molar refractivity (Wildman–Crippen MR) is 119 cm³/mol. The van der Waals surface area contributed by atoms with Crippen molar-refractivity contribution in [1.29, 1.82) is 5.41 Å². The van der Waals surface area contributed by atoms with Crippen molar-refractivity contribution in [2.45, 2.75) is 116 Å².